The standard InChI is InChI=1S/C28H27N5O/c1-18-16-33(17-19(2)32-18)26-13-10-21(14-30-26)25-15-31-27-23(6-5-7-24(27)28(25)34-4)20-8-11-22(29-3)12-9-20/h5-15,18-19,32H,16-17H2,1-2,4H3/t18-,19+. The number of aromatic nitrogens is 2. The molecule has 0 amide bonds. The van der Waals surface area contributed by atoms with E-state index in [-0.39, 0.29) is 0 Å². The zero-order valence-electron chi connectivity index (χ0n) is 19.6. The molecule has 3 heterocycles. The van der Waals surface area contributed by atoms with Crippen molar-refractivity contribution in [2.45, 2.75) is 25.9 Å². The molecule has 1 fully saturated rings. The Kier molecular flexibility index (Phi) is 5.87. The lowest BCUT2D eigenvalue weighted by atomic mass is 9.99. The fourth-order valence-corrected chi connectivity index (χ4v) is 4.82. The summed E-state index contributed by atoms with van der Waals surface area (Å²) in [6.45, 7) is 13.5. The van der Waals surface area contributed by atoms with Gasteiger partial charge in [0.2, 0.25) is 0 Å². The molecule has 0 saturated carbocycles. The third kappa shape index (κ3) is 4.07. The number of nitrogens with one attached hydrogen (secondary N) is 1. The monoisotopic (exact) mass is 449 g/mol. The van der Waals surface area contributed by atoms with Gasteiger partial charge in [0.1, 0.15) is 11.6 Å². The average Bonchev–Trinajstić information content (AvgIpc) is 2.87. The Morgan fingerprint density at radius 3 is 2.29 bits per heavy atom. The number of anilines is 1. The summed E-state index contributed by atoms with van der Waals surface area (Å²) in [6.07, 6.45) is 3.77. The molecule has 170 valence electrons. The lowest BCUT2D eigenvalue weighted by Gasteiger charge is -2.36. The molecular weight excluding hydrogens is 422 g/mol. The second-order valence-corrected chi connectivity index (χ2v) is 8.84. The van der Waals surface area contributed by atoms with Crippen LogP contribution >= 0.6 is 0 Å². The smallest absolute Gasteiger partial charge is 0.187 e. The molecule has 1 saturated heterocycles. The van der Waals surface area contributed by atoms with Gasteiger partial charge in [0.15, 0.2) is 5.69 Å². The van der Waals surface area contributed by atoms with E-state index >= 15 is 0 Å². The first kappa shape index (κ1) is 21.9. The number of pyridine rings is 2. The van der Waals surface area contributed by atoms with Crippen molar-refractivity contribution >= 4 is 22.4 Å². The topological polar surface area (TPSA) is 54.6 Å². The van der Waals surface area contributed by atoms with Crippen molar-refractivity contribution in [3.63, 3.8) is 0 Å². The van der Waals surface area contributed by atoms with E-state index in [1.807, 2.05) is 54.9 Å². The minimum absolute atomic E-state index is 0.432. The summed E-state index contributed by atoms with van der Waals surface area (Å²) < 4.78 is 5.89. The second-order valence-electron chi connectivity index (χ2n) is 8.84. The predicted octanol–water partition coefficient (Wildman–Crippen LogP) is 5.71. The van der Waals surface area contributed by atoms with Gasteiger partial charge in [-0.2, -0.15) is 0 Å². The summed E-state index contributed by atoms with van der Waals surface area (Å²) in [6, 6.07) is 18.7. The highest BCUT2D eigenvalue weighted by molar-refractivity contribution is 6.00. The van der Waals surface area contributed by atoms with Crippen LogP contribution < -0.4 is 15.0 Å². The van der Waals surface area contributed by atoms with E-state index in [1.54, 1.807) is 7.11 Å². The van der Waals surface area contributed by atoms with E-state index in [0.717, 1.165) is 57.8 Å². The molecule has 0 aliphatic carbocycles. The van der Waals surface area contributed by atoms with Crippen LogP contribution in [0.1, 0.15) is 13.8 Å². The van der Waals surface area contributed by atoms with Crippen LogP contribution in [0, 0.1) is 6.57 Å². The SMILES string of the molecule is [C-]#[N+]c1ccc(-c2cccc3c(OC)c(-c4ccc(N5C[C@@H](C)N[C@@H](C)C5)nc4)cnc23)cc1. The number of nitrogens with zero attached hydrogens (tertiary/aromatic N) is 4. The van der Waals surface area contributed by atoms with Crippen molar-refractivity contribution < 1.29 is 4.74 Å². The maximum atomic E-state index is 7.18. The molecule has 6 heteroatoms. The Hall–Kier alpha value is -3.95. The maximum Gasteiger partial charge on any atom is 0.187 e. The molecule has 0 unspecified atom stereocenters. The minimum atomic E-state index is 0.432. The van der Waals surface area contributed by atoms with Gasteiger partial charge in [-0.05, 0) is 37.6 Å². The average molecular weight is 450 g/mol. The molecule has 0 bridgehead atoms. The molecule has 2 aromatic heterocycles. The van der Waals surface area contributed by atoms with Crippen LogP contribution in [0.2, 0.25) is 0 Å². The highest BCUT2D eigenvalue weighted by Crippen LogP contribution is 2.39. The quantitative estimate of drug-likeness (QED) is 0.405. The molecule has 1 aliphatic heterocycles. The Morgan fingerprint density at radius 2 is 1.65 bits per heavy atom. The van der Waals surface area contributed by atoms with Crippen molar-refractivity contribution in [1.29, 1.82) is 0 Å². The zero-order chi connectivity index (χ0) is 23.7. The molecular formula is C28H27N5O. The van der Waals surface area contributed by atoms with E-state index in [9.17, 15) is 0 Å². The van der Waals surface area contributed by atoms with Crippen LogP contribution in [0.4, 0.5) is 11.5 Å². The van der Waals surface area contributed by atoms with Crippen LogP contribution in [0.15, 0.2) is 67.0 Å². The number of hydrogen-bond donors (Lipinski definition) is 1. The molecule has 1 aliphatic rings. The number of rotatable bonds is 4. The lowest BCUT2D eigenvalue weighted by molar-refractivity contribution is 0.405. The van der Waals surface area contributed by atoms with Crippen LogP contribution in [-0.2, 0) is 0 Å². The van der Waals surface area contributed by atoms with Gasteiger partial charge in [-0.25, -0.2) is 9.83 Å². The highest BCUT2D eigenvalue weighted by atomic mass is 16.5. The second kappa shape index (κ2) is 9.12. The van der Waals surface area contributed by atoms with Crippen molar-refractivity contribution in [3.8, 4) is 28.0 Å². The largest absolute Gasteiger partial charge is 0.495 e. The summed E-state index contributed by atoms with van der Waals surface area (Å²) in [7, 11) is 1.70. The zero-order valence-corrected chi connectivity index (χ0v) is 19.6. The van der Waals surface area contributed by atoms with Crippen LogP contribution in [0.3, 0.4) is 0 Å². The molecule has 2 atom stereocenters. The summed E-state index contributed by atoms with van der Waals surface area (Å²) in [5, 5.41) is 4.51. The fraction of sp³-hybridized carbons (Fsp3) is 0.250. The maximum absolute atomic E-state index is 7.18. The van der Waals surface area contributed by atoms with Gasteiger partial charge < -0.3 is 15.0 Å². The fourth-order valence-electron chi connectivity index (χ4n) is 4.82. The molecule has 0 radical (unpaired) electrons. The van der Waals surface area contributed by atoms with Crippen LogP contribution in [0.5, 0.6) is 5.75 Å². The first-order valence-corrected chi connectivity index (χ1v) is 11.5. The van der Waals surface area contributed by atoms with Gasteiger partial charge in [-0.1, -0.05) is 36.4 Å². The van der Waals surface area contributed by atoms with E-state index in [4.69, 9.17) is 21.3 Å². The van der Waals surface area contributed by atoms with E-state index < -0.39 is 0 Å². The number of piperazine rings is 1. The van der Waals surface area contributed by atoms with Crippen molar-refractivity contribution in [2.24, 2.45) is 0 Å². The van der Waals surface area contributed by atoms with Crippen molar-refractivity contribution in [2.75, 3.05) is 25.1 Å². The molecule has 6 nitrogen and oxygen atoms in total. The lowest BCUT2D eigenvalue weighted by Crippen LogP contribution is -2.54. The van der Waals surface area contributed by atoms with Crippen LogP contribution in [0.25, 0.3) is 38.0 Å². The van der Waals surface area contributed by atoms with Gasteiger partial charge in [0, 0.05) is 59.6 Å². The number of para-hydroxylation sites is 1. The summed E-state index contributed by atoms with van der Waals surface area (Å²) in [5.41, 5.74) is 5.40. The number of methoxy groups -OCH3 is 1. The molecule has 2 aromatic carbocycles. The number of fused-ring (bicyclic) bond motifs is 1. The highest BCUT2D eigenvalue weighted by Gasteiger charge is 2.22. The normalized spacial score (nSPS) is 18.0. The molecule has 5 rings (SSSR count). The van der Waals surface area contributed by atoms with E-state index in [0.29, 0.717) is 17.8 Å². The van der Waals surface area contributed by atoms with Gasteiger partial charge in [-0.3, -0.25) is 4.98 Å². The predicted molar refractivity (Wildman–Crippen MR) is 137 cm³/mol. The Bertz CT molecular complexity index is 1350. The third-order valence-electron chi connectivity index (χ3n) is 6.30. The Morgan fingerprint density at radius 1 is 0.912 bits per heavy atom. The van der Waals surface area contributed by atoms with Gasteiger partial charge in [0.25, 0.3) is 0 Å². The third-order valence-corrected chi connectivity index (χ3v) is 6.30. The molecule has 0 spiro atoms. The molecule has 4 aromatic rings. The number of ether oxygens (including phenoxy) is 1. The first-order chi connectivity index (χ1) is 16.6. The number of hydrogen-bond acceptors (Lipinski definition) is 5. The number of benzene rings is 2. The summed E-state index contributed by atoms with van der Waals surface area (Å²) in [5.74, 6) is 1.77. The van der Waals surface area contributed by atoms with Crippen molar-refractivity contribution in [3.05, 3.63) is 78.4 Å². The molecule has 34 heavy (non-hydrogen) atoms. The van der Waals surface area contributed by atoms with Gasteiger partial charge in [-0.15, -0.1) is 0 Å². The minimum Gasteiger partial charge on any atom is -0.495 e. The summed E-state index contributed by atoms with van der Waals surface area (Å²) >= 11 is 0. The summed E-state index contributed by atoms with van der Waals surface area (Å²) in [4.78, 5) is 15.4. The Balaban J connectivity index is 1.52. The Labute approximate surface area is 200 Å². The van der Waals surface area contributed by atoms with Gasteiger partial charge in [0.05, 0.1) is 19.2 Å². The van der Waals surface area contributed by atoms with E-state index in [2.05, 4.69) is 41.0 Å². The van der Waals surface area contributed by atoms with Crippen molar-refractivity contribution in [1.82, 2.24) is 15.3 Å². The van der Waals surface area contributed by atoms with Gasteiger partial charge >= 0.3 is 0 Å². The molecule has 1 N–H and O–H groups in total. The first-order valence-electron chi connectivity index (χ1n) is 11.5. The van der Waals surface area contributed by atoms with Crippen LogP contribution in [-0.4, -0.2) is 42.3 Å². The van der Waals surface area contributed by atoms with E-state index in [1.165, 1.54) is 0 Å².